The fourth-order valence-electron chi connectivity index (χ4n) is 3.67. The molecule has 9 heteroatoms. The van der Waals surface area contributed by atoms with E-state index >= 15 is 0 Å². The fourth-order valence-corrected chi connectivity index (χ4v) is 5.68. The highest BCUT2D eigenvalue weighted by Crippen LogP contribution is 2.30. The van der Waals surface area contributed by atoms with Gasteiger partial charge in [0.2, 0.25) is 0 Å². The Morgan fingerprint density at radius 1 is 1.28 bits per heavy atom. The van der Waals surface area contributed by atoms with E-state index in [0.29, 0.717) is 19.6 Å². The molecule has 0 aliphatic carbocycles. The molecule has 2 atom stereocenters. The number of rotatable bonds is 4. The van der Waals surface area contributed by atoms with E-state index in [9.17, 15) is 23.4 Å². The summed E-state index contributed by atoms with van der Waals surface area (Å²) < 4.78 is 29.2. The molecule has 1 aromatic rings. The lowest BCUT2D eigenvalue weighted by Gasteiger charge is -2.43. The summed E-state index contributed by atoms with van der Waals surface area (Å²) in [4.78, 5) is 16.4. The lowest BCUT2D eigenvalue weighted by molar-refractivity contribution is 0.0281. The van der Waals surface area contributed by atoms with E-state index in [2.05, 4.69) is 0 Å². The van der Waals surface area contributed by atoms with Crippen LogP contribution >= 0.6 is 0 Å². The molecule has 1 aromatic carbocycles. The Morgan fingerprint density at radius 3 is 2.64 bits per heavy atom. The van der Waals surface area contributed by atoms with Gasteiger partial charge in [-0.05, 0) is 18.2 Å². The van der Waals surface area contributed by atoms with Crippen molar-refractivity contribution >= 4 is 15.7 Å². The second-order valence-corrected chi connectivity index (χ2v) is 8.51. The number of sulfone groups is 1. The molecule has 25 heavy (non-hydrogen) atoms. The third-order valence-corrected chi connectivity index (χ3v) is 6.56. The monoisotopic (exact) mass is 370 g/mol. The van der Waals surface area contributed by atoms with Gasteiger partial charge in [-0.3, -0.25) is 9.69 Å². The molecule has 0 bridgehead atoms. The number of hydrogen-bond acceptors (Lipinski definition) is 7. The second-order valence-electron chi connectivity index (χ2n) is 6.36. The van der Waals surface area contributed by atoms with Crippen molar-refractivity contribution in [2.45, 2.75) is 12.1 Å². The minimum Gasteiger partial charge on any atom is -0.504 e. The van der Waals surface area contributed by atoms with Gasteiger partial charge < -0.3 is 19.8 Å². The zero-order valence-corrected chi connectivity index (χ0v) is 14.8. The molecule has 0 spiro atoms. The SMILES string of the molecule is COc1ccc(C(=O)N2CCN(CCO)[C@@H]3CS(=O)(=O)C[C@@H]32)cc1O. The maximum absolute atomic E-state index is 12.9. The van der Waals surface area contributed by atoms with Gasteiger partial charge in [-0.2, -0.15) is 0 Å². The molecular formula is C16H22N2O6S. The van der Waals surface area contributed by atoms with Gasteiger partial charge >= 0.3 is 0 Å². The highest BCUT2D eigenvalue weighted by Gasteiger charge is 2.47. The fraction of sp³-hybridized carbons (Fsp3) is 0.562. The predicted octanol–water partition coefficient (Wildman–Crippen LogP) is -0.683. The topological polar surface area (TPSA) is 107 Å². The first-order valence-corrected chi connectivity index (χ1v) is 9.91. The number of aliphatic hydroxyl groups excluding tert-OH is 1. The van der Waals surface area contributed by atoms with Gasteiger partial charge in [0.05, 0.1) is 31.3 Å². The van der Waals surface area contributed by atoms with Crippen molar-refractivity contribution in [1.82, 2.24) is 9.80 Å². The number of nitrogens with zero attached hydrogens (tertiary/aromatic N) is 2. The number of carbonyl (C=O) groups excluding carboxylic acids is 1. The van der Waals surface area contributed by atoms with E-state index in [0.717, 1.165) is 0 Å². The van der Waals surface area contributed by atoms with E-state index in [1.165, 1.54) is 19.2 Å². The summed E-state index contributed by atoms with van der Waals surface area (Å²) in [6, 6.07) is 3.65. The number of β-amino-alcohol motifs (C(OH)–C–C–N with tert-alkyl or cyclic N) is 1. The van der Waals surface area contributed by atoms with Crippen LogP contribution in [0.25, 0.3) is 0 Å². The summed E-state index contributed by atoms with van der Waals surface area (Å²) in [6.07, 6.45) is 0. The van der Waals surface area contributed by atoms with E-state index in [-0.39, 0.29) is 47.1 Å². The lowest BCUT2D eigenvalue weighted by atomic mass is 10.0. The highest BCUT2D eigenvalue weighted by molar-refractivity contribution is 7.91. The van der Waals surface area contributed by atoms with Crippen LogP contribution in [0.3, 0.4) is 0 Å². The molecule has 2 aliphatic rings. The molecular weight excluding hydrogens is 348 g/mol. The van der Waals surface area contributed by atoms with Gasteiger partial charge in [-0.25, -0.2) is 8.42 Å². The molecule has 2 N–H and O–H groups in total. The number of carbonyl (C=O) groups is 1. The number of hydrogen-bond donors (Lipinski definition) is 2. The van der Waals surface area contributed by atoms with Crippen molar-refractivity contribution in [2.24, 2.45) is 0 Å². The number of fused-ring (bicyclic) bond motifs is 1. The minimum absolute atomic E-state index is 0.00465. The zero-order chi connectivity index (χ0) is 18.2. The van der Waals surface area contributed by atoms with Crippen molar-refractivity contribution in [3.8, 4) is 11.5 Å². The average Bonchev–Trinajstić information content (AvgIpc) is 2.90. The molecule has 0 aromatic heterocycles. The Labute approximate surface area is 146 Å². The smallest absolute Gasteiger partial charge is 0.254 e. The number of amides is 1. The molecule has 1 amide bonds. The van der Waals surface area contributed by atoms with Crippen LogP contribution in [0.1, 0.15) is 10.4 Å². The second kappa shape index (κ2) is 6.81. The van der Waals surface area contributed by atoms with Gasteiger partial charge in [0.1, 0.15) is 0 Å². The van der Waals surface area contributed by atoms with E-state index in [1.807, 2.05) is 4.90 Å². The maximum Gasteiger partial charge on any atom is 0.254 e. The van der Waals surface area contributed by atoms with Crippen molar-refractivity contribution in [3.05, 3.63) is 23.8 Å². The number of piperazine rings is 1. The van der Waals surface area contributed by atoms with Crippen LogP contribution in [0.2, 0.25) is 0 Å². The first-order chi connectivity index (χ1) is 11.9. The first kappa shape index (κ1) is 18.0. The number of aliphatic hydroxyl groups is 1. The van der Waals surface area contributed by atoms with Crippen LogP contribution in [0.5, 0.6) is 11.5 Å². The van der Waals surface area contributed by atoms with Crippen molar-refractivity contribution in [3.63, 3.8) is 0 Å². The van der Waals surface area contributed by atoms with Gasteiger partial charge in [0.25, 0.3) is 5.91 Å². The van der Waals surface area contributed by atoms with Gasteiger partial charge in [0.15, 0.2) is 21.3 Å². The number of phenolic OH excluding ortho intramolecular Hbond substituents is 1. The van der Waals surface area contributed by atoms with E-state index < -0.39 is 15.9 Å². The van der Waals surface area contributed by atoms with Crippen molar-refractivity contribution in [1.29, 1.82) is 0 Å². The predicted molar refractivity (Wildman–Crippen MR) is 90.6 cm³/mol. The largest absolute Gasteiger partial charge is 0.504 e. The van der Waals surface area contributed by atoms with E-state index in [4.69, 9.17) is 4.74 Å². The molecule has 2 fully saturated rings. The van der Waals surface area contributed by atoms with Crippen molar-refractivity contribution in [2.75, 3.05) is 44.9 Å². The lowest BCUT2D eigenvalue weighted by Crippen LogP contribution is -2.61. The highest BCUT2D eigenvalue weighted by atomic mass is 32.2. The summed E-state index contributed by atoms with van der Waals surface area (Å²) >= 11 is 0. The minimum atomic E-state index is -3.23. The molecule has 8 nitrogen and oxygen atoms in total. The average molecular weight is 370 g/mol. The number of phenols is 1. The first-order valence-electron chi connectivity index (χ1n) is 8.09. The van der Waals surface area contributed by atoms with Crippen LogP contribution in [-0.4, -0.2) is 91.3 Å². The third kappa shape index (κ3) is 3.44. The standard InChI is InChI=1S/C16H22N2O6S/c1-24-15-3-2-11(8-14(15)20)16(21)18-5-4-17(6-7-19)12-9-25(22,23)10-13(12)18/h2-3,8,12-13,19-20H,4-7,9-10H2,1H3/t12-,13+/m1/s1. The van der Waals surface area contributed by atoms with Gasteiger partial charge in [-0.1, -0.05) is 0 Å². The summed E-state index contributed by atoms with van der Waals surface area (Å²) in [5, 5.41) is 19.1. The molecule has 0 radical (unpaired) electrons. The van der Waals surface area contributed by atoms with Crippen molar-refractivity contribution < 1.29 is 28.2 Å². The summed E-state index contributed by atoms with van der Waals surface area (Å²) in [6.45, 7) is 1.22. The molecule has 2 saturated heterocycles. The number of benzene rings is 1. The summed E-state index contributed by atoms with van der Waals surface area (Å²) in [5.41, 5.74) is 0.289. The van der Waals surface area contributed by atoms with E-state index in [1.54, 1.807) is 11.0 Å². The van der Waals surface area contributed by atoms with Crippen LogP contribution in [0, 0.1) is 0 Å². The third-order valence-electron chi connectivity index (χ3n) is 4.86. The zero-order valence-electron chi connectivity index (χ0n) is 14.0. The maximum atomic E-state index is 12.9. The molecule has 0 unspecified atom stereocenters. The Morgan fingerprint density at radius 2 is 2.00 bits per heavy atom. The quantitative estimate of drug-likeness (QED) is 0.723. The normalized spacial score (nSPS) is 25.6. The summed E-state index contributed by atoms with van der Waals surface area (Å²) in [5.74, 6) is -0.259. The molecule has 3 rings (SSSR count). The molecule has 2 aliphatic heterocycles. The number of aromatic hydroxyl groups is 1. The Bertz CT molecular complexity index is 766. The Kier molecular flexibility index (Phi) is 4.90. The van der Waals surface area contributed by atoms with Crippen LogP contribution in [0.4, 0.5) is 0 Å². The van der Waals surface area contributed by atoms with Gasteiger partial charge in [0, 0.05) is 31.2 Å². The Balaban J connectivity index is 1.87. The molecule has 0 saturated carbocycles. The van der Waals surface area contributed by atoms with Crippen LogP contribution in [0.15, 0.2) is 18.2 Å². The summed E-state index contributed by atoms with van der Waals surface area (Å²) in [7, 11) is -1.81. The number of methoxy groups -OCH3 is 1. The number of ether oxygens (including phenoxy) is 1. The molecule has 2 heterocycles. The van der Waals surface area contributed by atoms with Gasteiger partial charge in [-0.15, -0.1) is 0 Å². The molecule has 138 valence electrons. The Hall–Kier alpha value is -1.84. The van der Waals surface area contributed by atoms with Crippen LogP contribution < -0.4 is 4.74 Å². The van der Waals surface area contributed by atoms with Crippen LogP contribution in [-0.2, 0) is 9.84 Å².